The first-order valence-electron chi connectivity index (χ1n) is 6.00. The van der Waals surface area contributed by atoms with Crippen LogP contribution in [0, 0.1) is 11.3 Å². The third-order valence-electron chi connectivity index (χ3n) is 2.67. The van der Waals surface area contributed by atoms with Crippen molar-refractivity contribution in [1.82, 2.24) is 9.97 Å². The summed E-state index contributed by atoms with van der Waals surface area (Å²) < 4.78 is 0. The van der Waals surface area contributed by atoms with Gasteiger partial charge in [-0.05, 0) is 19.4 Å². The highest BCUT2D eigenvalue weighted by atomic mass is 32.1. The number of hydrogen-bond donors (Lipinski definition) is 2. The maximum absolute atomic E-state index is 9.07. The Labute approximate surface area is 116 Å². The zero-order chi connectivity index (χ0) is 13.8. The number of nitrogens with one attached hydrogen (secondary N) is 1. The van der Waals surface area contributed by atoms with Crippen molar-refractivity contribution in [3.05, 3.63) is 33.9 Å². The molecular formula is C13H15N5S. The van der Waals surface area contributed by atoms with Crippen molar-refractivity contribution in [3.63, 3.8) is 0 Å². The van der Waals surface area contributed by atoms with Crippen LogP contribution < -0.4 is 11.1 Å². The number of nitriles is 1. The first-order valence-corrected chi connectivity index (χ1v) is 6.82. The van der Waals surface area contributed by atoms with E-state index < -0.39 is 0 Å². The number of pyridine rings is 1. The topological polar surface area (TPSA) is 87.6 Å². The zero-order valence-corrected chi connectivity index (χ0v) is 11.7. The van der Waals surface area contributed by atoms with E-state index in [0.717, 1.165) is 11.4 Å². The van der Waals surface area contributed by atoms with Crippen LogP contribution in [0.2, 0.25) is 0 Å². The van der Waals surface area contributed by atoms with E-state index in [1.54, 1.807) is 17.4 Å². The third kappa shape index (κ3) is 3.01. The Bertz CT molecular complexity index is 614. The maximum Gasteiger partial charge on any atom is 0.144 e. The number of hydrogen-bond acceptors (Lipinski definition) is 6. The molecule has 0 aromatic carbocycles. The summed E-state index contributed by atoms with van der Waals surface area (Å²) in [5.41, 5.74) is 6.54. The Morgan fingerprint density at radius 2 is 2.26 bits per heavy atom. The fourth-order valence-electron chi connectivity index (χ4n) is 1.63. The van der Waals surface area contributed by atoms with E-state index >= 15 is 0 Å². The van der Waals surface area contributed by atoms with Gasteiger partial charge in [-0.2, -0.15) is 5.26 Å². The lowest BCUT2D eigenvalue weighted by molar-refractivity contribution is 0.859. The highest BCUT2D eigenvalue weighted by Gasteiger charge is 2.13. The predicted octanol–water partition coefficient (Wildman–Crippen LogP) is 2.73. The van der Waals surface area contributed by atoms with Crippen LogP contribution in [-0.4, -0.2) is 9.97 Å². The van der Waals surface area contributed by atoms with Crippen LogP contribution in [0.4, 0.5) is 11.5 Å². The van der Waals surface area contributed by atoms with Crippen LogP contribution >= 0.6 is 11.3 Å². The molecule has 0 fully saturated rings. The molecule has 0 spiro atoms. The molecule has 5 nitrogen and oxygen atoms in total. The van der Waals surface area contributed by atoms with E-state index in [9.17, 15) is 0 Å². The Balaban J connectivity index is 2.19. The standard InChI is InChI=1S/C13H15N5S/c1-3-11-7-17-13(19-11)8(2)18-12-9(5-14)4-10(15)6-16-12/h4,6-8H,3,15H2,1-2H3,(H,16,18). The second-order valence-electron chi connectivity index (χ2n) is 4.16. The van der Waals surface area contributed by atoms with Crippen molar-refractivity contribution in [1.29, 1.82) is 5.26 Å². The van der Waals surface area contributed by atoms with Gasteiger partial charge in [-0.25, -0.2) is 9.97 Å². The van der Waals surface area contributed by atoms with Gasteiger partial charge >= 0.3 is 0 Å². The van der Waals surface area contributed by atoms with Crippen molar-refractivity contribution in [2.24, 2.45) is 0 Å². The van der Waals surface area contributed by atoms with Crippen LogP contribution in [0.5, 0.6) is 0 Å². The summed E-state index contributed by atoms with van der Waals surface area (Å²) in [6.45, 7) is 4.10. The molecule has 0 saturated carbocycles. The first kappa shape index (κ1) is 13.3. The SMILES string of the molecule is CCc1cnc(C(C)Nc2ncc(N)cc2C#N)s1. The number of anilines is 2. The molecule has 2 aromatic heterocycles. The van der Waals surface area contributed by atoms with E-state index in [0.29, 0.717) is 17.1 Å². The molecule has 6 heteroatoms. The molecule has 0 aliphatic heterocycles. The second-order valence-corrected chi connectivity index (χ2v) is 5.31. The molecular weight excluding hydrogens is 258 g/mol. The lowest BCUT2D eigenvalue weighted by Crippen LogP contribution is -2.09. The first-order chi connectivity index (χ1) is 9.13. The van der Waals surface area contributed by atoms with Crippen molar-refractivity contribution < 1.29 is 0 Å². The van der Waals surface area contributed by atoms with E-state index in [-0.39, 0.29) is 6.04 Å². The smallest absolute Gasteiger partial charge is 0.144 e. The van der Waals surface area contributed by atoms with Crippen LogP contribution in [0.15, 0.2) is 18.5 Å². The summed E-state index contributed by atoms with van der Waals surface area (Å²) in [5, 5.41) is 13.3. The number of aromatic nitrogens is 2. The number of aryl methyl sites for hydroxylation is 1. The summed E-state index contributed by atoms with van der Waals surface area (Å²) in [5.74, 6) is 0.539. The molecule has 1 unspecified atom stereocenters. The third-order valence-corrected chi connectivity index (χ3v) is 4.00. The van der Waals surface area contributed by atoms with Crippen LogP contribution in [0.25, 0.3) is 0 Å². The van der Waals surface area contributed by atoms with Gasteiger partial charge in [0.25, 0.3) is 0 Å². The Kier molecular flexibility index (Phi) is 3.97. The molecule has 1 atom stereocenters. The van der Waals surface area contributed by atoms with E-state index in [1.807, 2.05) is 13.1 Å². The van der Waals surface area contributed by atoms with Crippen LogP contribution in [0.1, 0.15) is 35.3 Å². The van der Waals surface area contributed by atoms with Gasteiger partial charge in [-0.1, -0.05) is 6.92 Å². The van der Waals surface area contributed by atoms with E-state index in [2.05, 4.69) is 28.3 Å². The number of nitrogens with zero attached hydrogens (tertiary/aromatic N) is 3. The van der Waals surface area contributed by atoms with Gasteiger partial charge in [0, 0.05) is 11.1 Å². The predicted molar refractivity (Wildman–Crippen MR) is 76.9 cm³/mol. The van der Waals surface area contributed by atoms with Crippen LogP contribution in [-0.2, 0) is 6.42 Å². The van der Waals surface area contributed by atoms with Gasteiger partial charge in [0.1, 0.15) is 16.9 Å². The number of nitrogen functional groups attached to an aromatic ring is 1. The second kappa shape index (κ2) is 5.67. The Morgan fingerprint density at radius 3 is 2.89 bits per heavy atom. The van der Waals surface area contributed by atoms with Crippen molar-refractivity contribution in [3.8, 4) is 6.07 Å². The van der Waals surface area contributed by atoms with Gasteiger partial charge in [0.05, 0.1) is 23.5 Å². The van der Waals surface area contributed by atoms with Gasteiger partial charge in [-0.3, -0.25) is 0 Å². The minimum absolute atomic E-state index is 0.00789. The Hall–Kier alpha value is -2.13. The summed E-state index contributed by atoms with van der Waals surface area (Å²) >= 11 is 1.67. The number of nitrogens with two attached hydrogens (primary N) is 1. The minimum Gasteiger partial charge on any atom is -0.397 e. The molecule has 19 heavy (non-hydrogen) atoms. The zero-order valence-electron chi connectivity index (χ0n) is 10.8. The highest BCUT2D eigenvalue weighted by molar-refractivity contribution is 7.11. The molecule has 3 N–H and O–H groups in total. The molecule has 2 heterocycles. The summed E-state index contributed by atoms with van der Waals surface area (Å²) in [4.78, 5) is 9.78. The molecule has 0 radical (unpaired) electrons. The van der Waals surface area contributed by atoms with Gasteiger partial charge in [0.2, 0.25) is 0 Å². The van der Waals surface area contributed by atoms with Crippen molar-refractivity contribution in [2.75, 3.05) is 11.1 Å². The normalized spacial score (nSPS) is 11.8. The average Bonchev–Trinajstić information content (AvgIpc) is 2.89. The molecule has 0 aliphatic rings. The van der Waals surface area contributed by atoms with Gasteiger partial charge in [0.15, 0.2) is 0 Å². The minimum atomic E-state index is 0.00789. The fraction of sp³-hybridized carbons (Fsp3) is 0.308. The maximum atomic E-state index is 9.07. The van der Waals surface area contributed by atoms with Crippen molar-refractivity contribution in [2.45, 2.75) is 26.3 Å². The largest absolute Gasteiger partial charge is 0.397 e. The number of rotatable bonds is 4. The summed E-state index contributed by atoms with van der Waals surface area (Å²) in [6.07, 6.45) is 4.41. The fourth-order valence-corrected chi connectivity index (χ4v) is 2.49. The molecule has 2 aromatic rings. The van der Waals surface area contributed by atoms with E-state index in [4.69, 9.17) is 11.0 Å². The lowest BCUT2D eigenvalue weighted by Gasteiger charge is -2.13. The monoisotopic (exact) mass is 273 g/mol. The van der Waals surface area contributed by atoms with Gasteiger partial charge < -0.3 is 11.1 Å². The quantitative estimate of drug-likeness (QED) is 0.894. The summed E-state index contributed by atoms with van der Waals surface area (Å²) in [6, 6.07) is 3.71. The molecule has 0 saturated heterocycles. The van der Waals surface area contributed by atoms with E-state index in [1.165, 1.54) is 11.1 Å². The van der Waals surface area contributed by atoms with Crippen molar-refractivity contribution >= 4 is 22.8 Å². The van der Waals surface area contributed by atoms with Crippen LogP contribution in [0.3, 0.4) is 0 Å². The Morgan fingerprint density at radius 1 is 1.47 bits per heavy atom. The van der Waals surface area contributed by atoms with Gasteiger partial charge in [-0.15, -0.1) is 11.3 Å². The number of thiazole rings is 1. The molecule has 0 amide bonds. The molecule has 2 rings (SSSR count). The summed E-state index contributed by atoms with van der Waals surface area (Å²) in [7, 11) is 0. The lowest BCUT2D eigenvalue weighted by atomic mass is 10.2. The molecule has 98 valence electrons. The highest BCUT2D eigenvalue weighted by Crippen LogP contribution is 2.25. The molecule has 0 bridgehead atoms. The molecule has 0 aliphatic carbocycles. The average molecular weight is 273 g/mol.